The maximum atomic E-state index is 13.3. The number of nitrogens with zero attached hydrogens (tertiary/aromatic N) is 3. The second-order valence-electron chi connectivity index (χ2n) is 7.90. The predicted octanol–water partition coefficient (Wildman–Crippen LogP) is 3.37. The molecule has 0 saturated heterocycles. The lowest BCUT2D eigenvalue weighted by Gasteiger charge is -2.21. The third-order valence-electron chi connectivity index (χ3n) is 5.64. The molecule has 33 heavy (non-hydrogen) atoms. The summed E-state index contributed by atoms with van der Waals surface area (Å²) in [5.41, 5.74) is 2.05. The van der Waals surface area contributed by atoms with Gasteiger partial charge in [0.2, 0.25) is 15.9 Å². The summed E-state index contributed by atoms with van der Waals surface area (Å²) >= 11 is 0. The minimum absolute atomic E-state index is 0.114. The number of hydrogen-bond donors (Lipinski definition) is 2. The number of aromatic hydroxyl groups is 2. The normalized spacial score (nSPS) is 12.0. The number of aromatic nitrogens is 2. The molecule has 0 spiro atoms. The molecular formula is C23H24FN3O5S. The van der Waals surface area contributed by atoms with Crippen molar-refractivity contribution < 1.29 is 27.8 Å². The Morgan fingerprint density at radius 1 is 1.15 bits per heavy atom. The maximum absolute atomic E-state index is 13.3. The highest BCUT2D eigenvalue weighted by Crippen LogP contribution is 2.46. The molecule has 8 nitrogen and oxygen atoms in total. The van der Waals surface area contributed by atoms with E-state index in [4.69, 9.17) is 4.74 Å². The van der Waals surface area contributed by atoms with E-state index in [0.29, 0.717) is 36.0 Å². The number of phenolic OH excluding ortho intramolecular Hbond substituents is 1. The molecule has 174 valence electrons. The van der Waals surface area contributed by atoms with E-state index in [2.05, 4.69) is 4.98 Å². The van der Waals surface area contributed by atoms with Crippen LogP contribution in [0.5, 0.6) is 11.6 Å². The van der Waals surface area contributed by atoms with Gasteiger partial charge in [0, 0.05) is 43.9 Å². The first-order valence-corrected chi connectivity index (χ1v) is 12.0. The first kappa shape index (κ1) is 22.8. The molecule has 2 heterocycles. The fraction of sp³-hybridized carbons (Fsp3) is 0.261. The number of rotatable bonds is 7. The van der Waals surface area contributed by atoms with E-state index in [9.17, 15) is 23.0 Å². The minimum Gasteiger partial charge on any atom is -0.505 e. The van der Waals surface area contributed by atoms with Crippen molar-refractivity contribution in [1.29, 1.82) is 0 Å². The smallest absolute Gasteiger partial charge is 0.232 e. The Morgan fingerprint density at radius 3 is 2.48 bits per heavy atom. The Hall–Kier alpha value is -3.37. The van der Waals surface area contributed by atoms with Gasteiger partial charge in [0.1, 0.15) is 11.3 Å². The molecule has 2 aromatic carbocycles. The van der Waals surface area contributed by atoms with Crippen LogP contribution in [-0.2, 0) is 27.7 Å². The number of benzene rings is 2. The van der Waals surface area contributed by atoms with Gasteiger partial charge in [-0.2, -0.15) is 0 Å². The number of fused-ring (bicyclic) bond motifs is 2. The summed E-state index contributed by atoms with van der Waals surface area (Å²) in [6.45, 7) is 0.615. The molecule has 0 saturated carbocycles. The highest BCUT2D eigenvalue weighted by atomic mass is 32.2. The van der Waals surface area contributed by atoms with Crippen molar-refractivity contribution in [3.05, 3.63) is 59.7 Å². The highest BCUT2D eigenvalue weighted by molar-refractivity contribution is 7.92. The van der Waals surface area contributed by atoms with Gasteiger partial charge in [0.25, 0.3) is 0 Å². The summed E-state index contributed by atoms with van der Waals surface area (Å²) in [5.74, 6) is -0.785. The van der Waals surface area contributed by atoms with Gasteiger partial charge >= 0.3 is 0 Å². The number of halogens is 1. The van der Waals surface area contributed by atoms with Crippen molar-refractivity contribution >= 4 is 37.4 Å². The summed E-state index contributed by atoms with van der Waals surface area (Å²) in [4.78, 5) is 4.39. The first-order chi connectivity index (χ1) is 15.6. The summed E-state index contributed by atoms with van der Waals surface area (Å²) in [6.07, 6.45) is 4.67. The van der Waals surface area contributed by atoms with Gasteiger partial charge < -0.3 is 19.5 Å². The van der Waals surface area contributed by atoms with Crippen molar-refractivity contribution in [2.24, 2.45) is 0 Å². The van der Waals surface area contributed by atoms with Crippen LogP contribution in [0.1, 0.15) is 11.1 Å². The second-order valence-corrected chi connectivity index (χ2v) is 9.91. The lowest BCUT2D eigenvalue weighted by atomic mass is 10.0. The average molecular weight is 474 g/mol. The summed E-state index contributed by atoms with van der Waals surface area (Å²) in [6, 6.07) is 7.82. The largest absolute Gasteiger partial charge is 0.505 e. The van der Waals surface area contributed by atoms with E-state index >= 15 is 0 Å². The average Bonchev–Trinajstić information content (AvgIpc) is 3.09. The van der Waals surface area contributed by atoms with Crippen molar-refractivity contribution in [2.75, 3.05) is 31.3 Å². The molecule has 4 rings (SSSR count). The molecule has 0 aliphatic heterocycles. The van der Waals surface area contributed by atoms with Crippen LogP contribution in [-0.4, -0.2) is 55.2 Å². The van der Waals surface area contributed by atoms with Crippen LogP contribution in [0.4, 0.5) is 10.1 Å². The molecule has 0 unspecified atom stereocenters. The molecule has 0 aliphatic carbocycles. The maximum Gasteiger partial charge on any atom is 0.232 e. The molecule has 0 aliphatic rings. The lowest BCUT2D eigenvalue weighted by molar-refractivity contribution is 0.184. The van der Waals surface area contributed by atoms with E-state index in [0.717, 1.165) is 21.7 Å². The number of anilines is 1. The molecule has 0 amide bonds. The monoisotopic (exact) mass is 473 g/mol. The molecule has 2 aromatic heterocycles. The zero-order valence-electron chi connectivity index (χ0n) is 18.4. The van der Waals surface area contributed by atoms with E-state index in [-0.39, 0.29) is 28.3 Å². The number of pyridine rings is 1. The lowest BCUT2D eigenvalue weighted by Crippen LogP contribution is -2.25. The van der Waals surface area contributed by atoms with E-state index < -0.39 is 10.0 Å². The Bertz CT molecular complexity index is 1450. The molecule has 0 fully saturated rings. The van der Waals surface area contributed by atoms with E-state index in [1.54, 1.807) is 30.6 Å². The Kier molecular flexibility index (Phi) is 5.89. The van der Waals surface area contributed by atoms with Gasteiger partial charge in [-0.05, 0) is 35.7 Å². The zero-order valence-corrected chi connectivity index (χ0v) is 19.2. The van der Waals surface area contributed by atoms with Gasteiger partial charge in [0.05, 0.1) is 23.9 Å². The van der Waals surface area contributed by atoms with Crippen molar-refractivity contribution in [3.8, 4) is 11.6 Å². The third-order valence-corrected chi connectivity index (χ3v) is 6.81. The van der Waals surface area contributed by atoms with Gasteiger partial charge in [-0.3, -0.25) is 9.29 Å². The van der Waals surface area contributed by atoms with Crippen LogP contribution in [0.25, 0.3) is 21.7 Å². The minimum atomic E-state index is -3.68. The zero-order chi connectivity index (χ0) is 23.9. The fourth-order valence-corrected chi connectivity index (χ4v) is 4.43. The number of sulfonamides is 1. The molecule has 2 N–H and O–H groups in total. The van der Waals surface area contributed by atoms with Crippen LogP contribution in [0.2, 0.25) is 0 Å². The van der Waals surface area contributed by atoms with Crippen molar-refractivity contribution in [1.82, 2.24) is 9.55 Å². The first-order valence-electron chi connectivity index (χ1n) is 10.1. The quantitative estimate of drug-likeness (QED) is 0.426. The number of methoxy groups -OCH3 is 1. The number of hydrogen-bond acceptors (Lipinski definition) is 6. The van der Waals surface area contributed by atoms with Gasteiger partial charge in [-0.1, -0.05) is 12.1 Å². The number of phenols is 1. The van der Waals surface area contributed by atoms with Crippen LogP contribution < -0.4 is 4.31 Å². The molecule has 0 radical (unpaired) electrons. The molecule has 4 aromatic rings. The predicted molar refractivity (Wildman–Crippen MR) is 125 cm³/mol. The van der Waals surface area contributed by atoms with Gasteiger partial charge in [-0.15, -0.1) is 0 Å². The SMILES string of the molecule is COCCn1cc2c(N(C)S(C)(=O)=O)c3cc(Cc4ccc(F)cc4)cnc3c(O)c2c1O. The molecule has 0 atom stereocenters. The standard InChI is InChI=1S/C23H24FN3O5S/c1-26(33(3,30)31)21-17-11-15(10-14-4-6-16(24)7-5-14)12-25-20(17)22(28)19-18(21)13-27(23(19)29)8-9-32-2/h4-7,11-13,28-29H,8-10H2,1-3H3. The topological polar surface area (TPSA) is 105 Å². The van der Waals surface area contributed by atoms with Crippen LogP contribution in [0, 0.1) is 5.82 Å². The highest BCUT2D eigenvalue weighted by Gasteiger charge is 2.26. The van der Waals surface area contributed by atoms with Gasteiger partial charge in [-0.25, -0.2) is 12.8 Å². The summed E-state index contributed by atoms with van der Waals surface area (Å²) in [5, 5.41) is 22.6. The second kappa shape index (κ2) is 8.53. The van der Waals surface area contributed by atoms with Crippen LogP contribution >= 0.6 is 0 Å². The third kappa shape index (κ3) is 4.19. The molecule has 10 heteroatoms. The van der Waals surface area contributed by atoms with E-state index in [1.165, 1.54) is 30.9 Å². The Balaban J connectivity index is 1.99. The van der Waals surface area contributed by atoms with Crippen LogP contribution in [0.3, 0.4) is 0 Å². The molecule has 0 bridgehead atoms. The van der Waals surface area contributed by atoms with Crippen LogP contribution in [0.15, 0.2) is 42.7 Å². The van der Waals surface area contributed by atoms with E-state index in [1.807, 2.05) is 0 Å². The van der Waals surface area contributed by atoms with Gasteiger partial charge in [0.15, 0.2) is 5.75 Å². The summed E-state index contributed by atoms with van der Waals surface area (Å²) < 4.78 is 45.9. The Morgan fingerprint density at radius 2 is 1.85 bits per heavy atom. The van der Waals surface area contributed by atoms with Crippen molar-refractivity contribution in [2.45, 2.75) is 13.0 Å². The Labute approximate surface area is 190 Å². The number of ether oxygens (including phenoxy) is 1. The van der Waals surface area contributed by atoms with Crippen molar-refractivity contribution in [3.63, 3.8) is 0 Å². The fourth-order valence-electron chi connectivity index (χ4n) is 3.90. The molecular weight excluding hydrogens is 449 g/mol. The summed E-state index contributed by atoms with van der Waals surface area (Å²) in [7, 11) is -0.739.